The number of nitrogens with one attached hydrogen (secondary N) is 1. The van der Waals surface area contributed by atoms with Crippen LogP contribution >= 0.6 is 24.8 Å². The lowest BCUT2D eigenvalue weighted by molar-refractivity contribution is -0.127. The molecule has 6 heteroatoms. The largest absolute Gasteiger partial charge is 0.350 e. The number of carbonyl (C=O) groups is 1. The maximum atomic E-state index is 12.1. The SMILES string of the molecule is CC(C)C(C(=O)NC(CN)C1CC1)N(C)C.Cl.Cl. The molecule has 18 heavy (non-hydrogen) atoms. The van der Waals surface area contributed by atoms with E-state index in [0.717, 1.165) is 0 Å². The van der Waals surface area contributed by atoms with Crippen molar-refractivity contribution in [3.63, 3.8) is 0 Å². The Labute approximate surface area is 123 Å². The number of nitrogens with two attached hydrogens (primary N) is 1. The second kappa shape index (κ2) is 8.97. The number of amides is 1. The van der Waals surface area contributed by atoms with Crippen LogP contribution < -0.4 is 11.1 Å². The zero-order valence-corrected chi connectivity index (χ0v) is 13.3. The van der Waals surface area contributed by atoms with E-state index in [9.17, 15) is 4.79 Å². The predicted octanol–water partition coefficient (Wildman–Crippen LogP) is 1.27. The molecule has 1 rings (SSSR count). The summed E-state index contributed by atoms with van der Waals surface area (Å²) >= 11 is 0. The van der Waals surface area contributed by atoms with E-state index < -0.39 is 0 Å². The highest BCUT2D eigenvalue weighted by Crippen LogP contribution is 2.32. The van der Waals surface area contributed by atoms with E-state index in [-0.39, 0.29) is 42.8 Å². The minimum atomic E-state index is -0.0622. The van der Waals surface area contributed by atoms with Gasteiger partial charge in [0.05, 0.1) is 6.04 Å². The van der Waals surface area contributed by atoms with E-state index in [1.807, 2.05) is 19.0 Å². The quantitative estimate of drug-likeness (QED) is 0.776. The van der Waals surface area contributed by atoms with Gasteiger partial charge in [0, 0.05) is 12.6 Å². The zero-order chi connectivity index (χ0) is 12.3. The second-order valence-electron chi connectivity index (χ2n) is 5.34. The highest BCUT2D eigenvalue weighted by atomic mass is 35.5. The average molecular weight is 300 g/mol. The zero-order valence-electron chi connectivity index (χ0n) is 11.7. The van der Waals surface area contributed by atoms with Crippen LogP contribution in [-0.4, -0.2) is 43.5 Å². The van der Waals surface area contributed by atoms with Gasteiger partial charge in [-0.25, -0.2) is 0 Å². The fourth-order valence-electron chi connectivity index (χ4n) is 2.27. The Morgan fingerprint density at radius 3 is 2.11 bits per heavy atom. The molecular weight excluding hydrogens is 273 g/mol. The van der Waals surface area contributed by atoms with Gasteiger partial charge in [-0.3, -0.25) is 9.69 Å². The molecule has 110 valence electrons. The molecule has 0 heterocycles. The molecule has 2 unspecified atom stereocenters. The number of hydrogen-bond acceptors (Lipinski definition) is 3. The summed E-state index contributed by atoms with van der Waals surface area (Å²) in [6.07, 6.45) is 2.41. The van der Waals surface area contributed by atoms with Crippen molar-refractivity contribution in [2.75, 3.05) is 20.6 Å². The molecule has 3 N–H and O–H groups in total. The Morgan fingerprint density at radius 2 is 1.83 bits per heavy atom. The monoisotopic (exact) mass is 299 g/mol. The lowest BCUT2D eigenvalue weighted by Crippen LogP contribution is -2.52. The van der Waals surface area contributed by atoms with Crippen molar-refractivity contribution in [2.45, 2.75) is 38.8 Å². The van der Waals surface area contributed by atoms with Crippen LogP contribution in [0.4, 0.5) is 0 Å². The molecule has 0 spiro atoms. The van der Waals surface area contributed by atoms with Crippen LogP contribution in [0.1, 0.15) is 26.7 Å². The molecular formula is C12H27Cl2N3O. The first-order valence-corrected chi connectivity index (χ1v) is 6.14. The van der Waals surface area contributed by atoms with Crippen LogP contribution in [0.15, 0.2) is 0 Å². The van der Waals surface area contributed by atoms with Crippen molar-refractivity contribution < 1.29 is 4.79 Å². The second-order valence-corrected chi connectivity index (χ2v) is 5.34. The summed E-state index contributed by atoms with van der Waals surface area (Å²) < 4.78 is 0. The third kappa shape index (κ3) is 5.74. The van der Waals surface area contributed by atoms with E-state index in [2.05, 4.69) is 19.2 Å². The Hall–Kier alpha value is -0.0300. The first kappa shape index (κ1) is 20.3. The summed E-state index contributed by atoms with van der Waals surface area (Å²) in [5, 5.41) is 3.09. The van der Waals surface area contributed by atoms with Gasteiger partial charge in [-0.2, -0.15) is 0 Å². The Bertz CT molecular complexity index is 237. The van der Waals surface area contributed by atoms with Crippen molar-refractivity contribution in [2.24, 2.45) is 17.6 Å². The minimum absolute atomic E-state index is 0. The fraction of sp³-hybridized carbons (Fsp3) is 0.917. The maximum absolute atomic E-state index is 12.1. The topological polar surface area (TPSA) is 58.4 Å². The molecule has 0 aromatic rings. The van der Waals surface area contributed by atoms with Crippen LogP contribution in [0.5, 0.6) is 0 Å². The molecule has 0 aromatic carbocycles. The molecule has 0 aliphatic heterocycles. The minimum Gasteiger partial charge on any atom is -0.350 e. The highest BCUT2D eigenvalue weighted by molar-refractivity contribution is 5.85. The Kier molecular flexibility index (Phi) is 10.1. The Morgan fingerprint density at radius 1 is 1.33 bits per heavy atom. The molecule has 1 amide bonds. The number of carbonyl (C=O) groups excluding carboxylic acids is 1. The lowest BCUT2D eigenvalue weighted by atomic mass is 10.0. The van der Waals surface area contributed by atoms with E-state index in [1.54, 1.807) is 0 Å². The summed E-state index contributed by atoms with van der Waals surface area (Å²) in [7, 11) is 3.89. The fourth-order valence-corrected chi connectivity index (χ4v) is 2.27. The maximum Gasteiger partial charge on any atom is 0.237 e. The highest BCUT2D eigenvalue weighted by Gasteiger charge is 2.33. The molecule has 4 nitrogen and oxygen atoms in total. The van der Waals surface area contributed by atoms with Gasteiger partial charge in [-0.15, -0.1) is 24.8 Å². The molecule has 2 atom stereocenters. The van der Waals surface area contributed by atoms with Gasteiger partial charge in [0.15, 0.2) is 0 Å². The molecule has 1 aliphatic carbocycles. The van der Waals surface area contributed by atoms with E-state index in [1.165, 1.54) is 12.8 Å². The van der Waals surface area contributed by atoms with Gasteiger partial charge < -0.3 is 11.1 Å². The van der Waals surface area contributed by atoms with Gasteiger partial charge in [0.2, 0.25) is 5.91 Å². The van der Waals surface area contributed by atoms with E-state index in [0.29, 0.717) is 18.4 Å². The molecule has 0 bridgehead atoms. The van der Waals surface area contributed by atoms with Crippen LogP contribution in [-0.2, 0) is 4.79 Å². The molecule has 1 saturated carbocycles. The van der Waals surface area contributed by atoms with Crippen molar-refractivity contribution in [3.05, 3.63) is 0 Å². The average Bonchev–Trinajstić information content (AvgIpc) is 2.95. The van der Waals surface area contributed by atoms with Gasteiger partial charge in [-0.05, 0) is 38.8 Å². The third-order valence-corrected chi connectivity index (χ3v) is 3.23. The van der Waals surface area contributed by atoms with Crippen molar-refractivity contribution in [1.29, 1.82) is 0 Å². The number of rotatable bonds is 6. The van der Waals surface area contributed by atoms with Crippen LogP contribution in [0.25, 0.3) is 0 Å². The van der Waals surface area contributed by atoms with Crippen LogP contribution in [0, 0.1) is 11.8 Å². The molecule has 0 saturated heterocycles. The van der Waals surface area contributed by atoms with Crippen LogP contribution in [0.2, 0.25) is 0 Å². The first-order valence-electron chi connectivity index (χ1n) is 6.14. The normalized spacial score (nSPS) is 17.7. The van der Waals surface area contributed by atoms with Gasteiger partial charge >= 0.3 is 0 Å². The predicted molar refractivity (Wildman–Crippen MR) is 80.5 cm³/mol. The van der Waals surface area contributed by atoms with Crippen molar-refractivity contribution in [1.82, 2.24) is 10.2 Å². The van der Waals surface area contributed by atoms with Crippen molar-refractivity contribution in [3.8, 4) is 0 Å². The standard InChI is InChI=1S/C12H25N3O.2ClH/c1-8(2)11(15(3)4)12(16)14-10(7-13)9-5-6-9;;/h8-11H,5-7,13H2,1-4H3,(H,14,16);2*1H. The first-order chi connectivity index (χ1) is 7.47. The molecule has 1 aliphatic rings. The molecule has 0 radical (unpaired) electrons. The summed E-state index contributed by atoms with van der Waals surface area (Å²) in [4.78, 5) is 14.1. The van der Waals surface area contributed by atoms with Gasteiger partial charge in [-0.1, -0.05) is 13.8 Å². The summed E-state index contributed by atoms with van der Waals surface area (Å²) in [6, 6.07) is 0.112. The Balaban J connectivity index is 0. The molecule has 1 fully saturated rings. The number of hydrogen-bond donors (Lipinski definition) is 2. The summed E-state index contributed by atoms with van der Waals surface area (Å²) in [5.74, 6) is 1.04. The number of halogens is 2. The third-order valence-electron chi connectivity index (χ3n) is 3.23. The number of nitrogens with zero attached hydrogens (tertiary/aromatic N) is 1. The summed E-state index contributed by atoms with van der Waals surface area (Å²) in [6.45, 7) is 4.69. The van der Waals surface area contributed by atoms with Gasteiger partial charge in [0.25, 0.3) is 0 Å². The van der Waals surface area contributed by atoms with E-state index >= 15 is 0 Å². The van der Waals surface area contributed by atoms with Gasteiger partial charge in [0.1, 0.15) is 0 Å². The van der Waals surface area contributed by atoms with Crippen molar-refractivity contribution >= 4 is 30.7 Å². The van der Waals surface area contributed by atoms with E-state index in [4.69, 9.17) is 5.73 Å². The summed E-state index contributed by atoms with van der Waals surface area (Å²) in [5.41, 5.74) is 5.69. The smallest absolute Gasteiger partial charge is 0.237 e. The molecule has 0 aromatic heterocycles. The number of likely N-dealkylation sites (N-methyl/N-ethyl adjacent to an activating group) is 1. The lowest BCUT2D eigenvalue weighted by Gasteiger charge is -2.28. The van der Waals surface area contributed by atoms with Crippen LogP contribution in [0.3, 0.4) is 0 Å².